The van der Waals surface area contributed by atoms with Crippen LogP contribution in [0.25, 0.3) is 11.1 Å². The van der Waals surface area contributed by atoms with Crippen molar-refractivity contribution in [3.05, 3.63) is 140 Å². The molecule has 0 radical (unpaired) electrons. The van der Waals surface area contributed by atoms with Crippen LogP contribution in [-0.2, 0) is 27.7 Å². The molecular weight excluding hydrogens is 504 g/mol. The Labute approximate surface area is 215 Å². The molecule has 0 aromatic heterocycles. The molecule has 0 spiro atoms. The first-order valence-electron chi connectivity index (χ1n) is 12.3. The average Bonchev–Trinajstić information content (AvgIpc) is 3.51. The van der Waals surface area contributed by atoms with Crippen molar-refractivity contribution in [3.8, 4) is 16.9 Å². The quantitative estimate of drug-likeness (QED) is 0.237. The molecular formula is C33H28OZr. The number of hydrogen-bond donors (Lipinski definition) is 0. The molecule has 0 atom stereocenters. The summed E-state index contributed by atoms with van der Waals surface area (Å²) in [4.78, 5) is 0. The second-order valence-electron chi connectivity index (χ2n) is 9.31. The van der Waals surface area contributed by atoms with Gasteiger partial charge in [0.1, 0.15) is 0 Å². The van der Waals surface area contributed by atoms with E-state index in [0.29, 0.717) is 0 Å². The van der Waals surface area contributed by atoms with E-state index in [0.717, 1.165) is 18.6 Å². The summed E-state index contributed by atoms with van der Waals surface area (Å²) in [5, 5.41) is 0. The van der Waals surface area contributed by atoms with Gasteiger partial charge in [-0.2, -0.15) is 0 Å². The molecule has 0 bridgehead atoms. The molecule has 6 rings (SSSR count). The third kappa shape index (κ3) is 4.05. The van der Waals surface area contributed by atoms with Crippen molar-refractivity contribution < 1.29 is 26.0 Å². The van der Waals surface area contributed by atoms with Gasteiger partial charge >= 0.3 is 217 Å². The molecule has 170 valence electrons. The third-order valence-corrected chi connectivity index (χ3v) is 14.8. The van der Waals surface area contributed by atoms with Gasteiger partial charge in [-0.05, 0) is 0 Å². The van der Waals surface area contributed by atoms with Gasteiger partial charge in [-0.25, -0.2) is 0 Å². The van der Waals surface area contributed by atoms with Crippen LogP contribution in [0.2, 0.25) is 0 Å². The molecule has 0 unspecified atom stereocenters. The molecule has 0 amide bonds. The predicted molar refractivity (Wildman–Crippen MR) is 143 cm³/mol. The van der Waals surface area contributed by atoms with Gasteiger partial charge in [-0.15, -0.1) is 0 Å². The van der Waals surface area contributed by atoms with E-state index in [4.69, 9.17) is 4.74 Å². The minimum atomic E-state index is -2.71. The number of benzene rings is 4. The predicted octanol–water partition coefficient (Wildman–Crippen LogP) is 7.01. The molecule has 4 aromatic carbocycles. The monoisotopic (exact) mass is 530 g/mol. The zero-order valence-electron chi connectivity index (χ0n) is 20.2. The van der Waals surface area contributed by atoms with Crippen molar-refractivity contribution in [2.75, 3.05) is 7.11 Å². The van der Waals surface area contributed by atoms with Gasteiger partial charge in [-0.1, -0.05) is 0 Å². The Balaban J connectivity index is 1.73. The van der Waals surface area contributed by atoms with Crippen molar-refractivity contribution >= 4 is 6.48 Å². The van der Waals surface area contributed by atoms with Crippen molar-refractivity contribution in [2.45, 2.75) is 19.8 Å². The standard InChI is InChI=1S/C14H11O.C13H10.C6H7.Zr/c1-15-12-6-7-14-11(9-12)8-10-4-2-3-5-13(10)14;1-3-7-12(8-4-1)11-13-9-5-2-6-10-13;1-6-4-2-3-5-6;/h2-7H,8H2,1H3;1-10H;4-5H,2H2,1H3;. The Morgan fingerprint density at radius 2 is 1.40 bits per heavy atom. The van der Waals surface area contributed by atoms with Crippen LogP contribution >= 0.6 is 0 Å². The van der Waals surface area contributed by atoms with Crippen LogP contribution in [0.5, 0.6) is 5.75 Å². The number of allylic oxidation sites excluding steroid dienone is 4. The molecule has 35 heavy (non-hydrogen) atoms. The fourth-order valence-electron chi connectivity index (χ4n) is 5.58. The molecule has 0 aliphatic heterocycles. The van der Waals surface area contributed by atoms with Crippen LogP contribution in [0.15, 0.2) is 118 Å². The van der Waals surface area contributed by atoms with Gasteiger partial charge in [0, 0.05) is 0 Å². The molecule has 2 aliphatic rings. The fraction of sp³-hybridized carbons (Fsp3) is 0.121. The molecule has 1 nitrogen and oxygen atoms in total. The molecule has 4 aromatic rings. The van der Waals surface area contributed by atoms with Crippen molar-refractivity contribution in [1.29, 1.82) is 0 Å². The van der Waals surface area contributed by atoms with Gasteiger partial charge < -0.3 is 0 Å². The van der Waals surface area contributed by atoms with Gasteiger partial charge in [0.05, 0.1) is 0 Å². The van der Waals surface area contributed by atoms with Crippen LogP contribution in [0.1, 0.15) is 35.6 Å². The number of fused-ring (bicyclic) bond motifs is 3. The van der Waals surface area contributed by atoms with Gasteiger partial charge in [0.15, 0.2) is 0 Å². The molecule has 2 aliphatic carbocycles. The van der Waals surface area contributed by atoms with E-state index >= 15 is 0 Å². The van der Waals surface area contributed by atoms with Gasteiger partial charge in [0.2, 0.25) is 0 Å². The zero-order chi connectivity index (χ0) is 23.8. The van der Waals surface area contributed by atoms with Crippen LogP contribution in [-0.4, -0.2) is 10.3 Å². The Morgan fingerprint density at radius 1 is 0.743 bits per heavy atom. The Bertz CT molecular complexity index is 1470. The van der Waals surface area contributed by atoms with Crippen LogP contribution < -0.4 is 8.01 Å². The number of hydrogen-bond acceptors (Lipinski definition) is 1. The first kappa shape index (κ1) is 22.4. The number of methoxy groups -OCH3 is 1. The fourth-order valence-corrected chi connectivity index (χ4v) is 14.0. The minimum absolute atomic E-state index is 0.985. The summed E-state index contributed by atoms with van der Waals surface area (Å²) in [5.41, 5.74) is 9.74. The molecule has 0 heterocycles. The van der Waals surface area contributed by atoms with Crippen molar-refractivity contribution in [1.82, 2.24) is 0 Å². The first-order valence-corrected chi connectivity index (χ1v) is 15.9. The van der Waals surface area contributed by atoms with Crippen LogP contribution in [0.4, 0.5) is 0 Å². The van der Waals surface area contributed by atoms with Crippen molar-refractivity contribution in [3.63, 3.8) is 0 Å². The van der Waals surface area contributed by atoms with Crippen LogP contribution in [0, 0.1) is 0 Å². The normalized spacial score (nSPS) is 13.5. The molecule has 2 heteroatoms. The summed E-state index contributed by atoms with van der Waals surface area (Å²) in [7, 11) is 1.84. The average molecular weight is 532 g/mol. The van der Waals surface area contributed by atoms with E-state index < -0.39 is 21.3 Å². The van der Waals surface area contributed by atoms with E-state index in [1.807, 2.05) is 7.11 Å². The summed E-state index contributed by atoms with van der Waals surface area (Å²) in [5.74, 6) is 1.06. The zero-order valence-corrected chi connectivity index (χ0v) is 22.7. The topological polar surface area (TPSA) is 9.23 Å². The number of ether oxygens (including phenoxy) is 1. The Morgan fingerprint density at radius 3 is 2.03 bits per heavy atom. The maximum atomic E-state index is 6.15. The van der Waals surface area contributed by atoms with E-state index in [1.165, 1.54) is 45.4 Å². The van der Waals surface area contributed by atoms with E-state index in [-0.39, 0.29) is 0 Å². The summed E-state index contributed by atoms with van der Waals surface area (Å²) < 4.78 is 10.8. The van der Waals surface area contributed by atoms with E-state index in [2.05, 4.69) is 116 Å². The molecule has 0 fully saturated rings. The van der Waals surface area contributed by atoms with Gasteiger partial charge in [-0.3, -0.25) is 0 Å². The van der Waals surface area contributed by atoms with Gasteiger partial charge in [0.25, 0.3) is 0 Å². The summed E-state index contributed by atoms with van der Waals surface area (Å²) in [6.45, 7) is 2.24. The van der Waals surface area contributed by atoms with Crippen molar-refractivity contribution in [2.24, 2.45) is 0 Å². The number of rotatable bonds is 5. The van der Waals surface area contributed by atoms with E-state index in [9.17, 15) is 0 Å². The maximum absolute atomic E-state index is 6.15. The van der Waals surface area contributed by atoms with Crippen LogP contribution in [0.3, 0.4) is 0 Å². The second kappa shape index (κ2) is 9.52. The summed E-state index contributed by atoms with van der Waals surface area (Å²) >= 11 is -2.71. The molecule has 0 saturated carbocycles. The Kier molecular flexibility index (Phi) is 6.09. The summed E-state index contributed by atoms with van der Waals surface area (Å²) in [6.07, 6.45) is 6.90. The third-order valence-electron chi connectivity index (χ3n) is 7.16. The summed E-state index contributed by atoms with van der Waals surface area (Å²) in [6, 6.07) is 35.5. The molecule has 0 saturated heterocycles. The Hall–Kier alpha value is -3.09. The van der Waals surface area contributed by atoms with E-state index in [1.54, 1.807) is 3.28 Å². The second-order valence-corrected chi connectivity index (χ2v) is 15.2. The molecule has 0 N–H and O–H groups in total. The first-order chi connectivity index (χ1) is 17.2. The SMILES string of the molecule is COc1ccc2c([c]1[Zr]([C]1=CC(C)=CC1)=[C](c1ccccc1)c1ccccc1)Cc1ccccc1-2.